The highest BCUT2D eigenvalue weighted by atomic mass is 35.5. The minimum absolute atomic E-state index is 0.0662. The van der Waals surface area contributed by atoms with E-state index in [-0.39, 0.29) is 12.5 Å². The van der Waals surface area contributed by atoms with Crippen molar-refractivity contribution in [1.82, 2.24) is 14.9 Å². The largest absolute Gasteiger partial charge is 0.465 e. The van der Waals surface area contributed by atoms with Gasteiger partial charge in [0.15, 0.2) is 0 Å². The molecule has 0 aliphatic heterocycles. The fraction of sp³-hybridized carbons (Fsp3) is 0.722. The van der Waals surface area contributed by atoms with Gasteiger partial charge in [-0.2, -0.15) is 9.97 Å². The van der Waals surface area contributed by atoms with E-state index in [0.29, 0.717) is 35.6 Å². The van der Waals surface area contributed by atoms with Gasteiger partial charge in [-0.3, -0.25) is 9.69 Å². The molecule has 0 aromatic carbocycles. The Morgan fingerprint density at radius 3 is 2.41 bits per heavy atom. The molecule has 0 amide bonds. The molecule has 0 aliphatic rings. The van der Waals surface area contributed by atoms with Gasteiger partial charge in [-0.05, 0) is 40.9 Å². The van der Waals surface area contributed by atoms with Crippen molar-refractivity contribution >= 4 is 41.1 Å². The molecule has 1 heterocycles. The zero-order chi connectivity index (χ0) is 20.6. The normalized spacial score (nSPS) is 11.4. The van der Waals surface area contributed by atoms with Gasteiger partial charge >= 0.3 is 5.97 Å². The summed E-state index contributed by atoms with van der Waals surface area (Å²) in [4.78, 5) is 25.4. The van der Waals surface area contributed by atoms with Crippen molar-refractivity contribution in [1.29, 1.82) is 0 Å². The summed E-state index contributed by atoms with van der Waals surface area (Å²) in [5.74, 6) is 0.742. The predicted molar refractivity (Wildman–Crippen MR) is 114 cm³/mol. The fourth-order valence-electron chi connectivity index (χ4n) is 2.77. The third-order valence-corrected chi connectivity index (χ3v) is 5.20. The van der Waals surface area contributed by atoms with Crippen LogP contribution in [0.3, 0.4) is 0 Å². The van der Waals surface area contributed by atoms with Crippen LogP contribution in [0.1, 0.15) is 34.6 Å². The van der Waals surface area contributed by atoms with Crippen LogP contribution in [0.25, 0.3) is 0 Å². The van der Waals surface area contributed by atoms with E-state index in [9.17, 15) is 4.79 Å². The molecule has 1 N–H and O–H groups in total. The summed E-state index contributed by atoms with van der Waals surface area (Å²) in [5.41, 5.74) is 0. The number of carbonyl (C=O) groups excluding carboxylic acids is 1. The average molecular weight is 418 g/mol. The molecule has 1 aromatic rings. The number of likely N-dealkylation sites (N-methyl/N-ethyl adjacent to an activating group) is 1. The van der Waals surface area contributed by atoms with Crippen LogP contribution in [0.2, 0.25) is 5.15 Å². The molecule has 0 atom stereocenters. The number of hydrogen-bond acceptors (Lipinski definition) is 8. The Hall–Kier alpha value is -1.25. The van der Waals surface area contributed by atoms with E-state index < -0.39 is 0 Å². The maximum atomic E-state index is 11.7. The zero-order valence-electron chi connectivity index (χ0n) is 17.4. The first-order valence-corrected chi connectivity index (χ1v) is 10.8. The topological polar surface area (TPSA) is 70.6 Å². The smallest absolute Gasteiger partial charge is 0.325 e. The Kier molecular flexibility index (Phi) is 10.2. The molecule has 0 bridgehead atoms. The van der Waals surface area contributed by atoms with Gasteiger partial charge in [0, 0.05) is 32.2 Å². The number of rotatable bonds is 11. The van der Waals surface area contributed by atoms with E-state index in [4.69, 9.17) is 16.3 Å². The van der Waals surface area contributed by atoms with Crippen LogP contribution in [-0.4, -0.2) is 72.5 Å². The maximum absolute atomic E-state index is 11.7. The first-order chi connectivity index (χ1) is 12.7. The van der Waals surface area contributed by atoms with Gasteiger partial charge in [0.25, 0.3) is 0 Å². The van der Waals surface area contributed by atoms with Crippen molar-refractivity contribution in [2.45, 2.75) is 51.6 Å². The van der Waals surface area contributed by atoms with Crippen LogP contribution in [0, 0.1) is 0 Å². The molecular formula is C18H32ClN5O2S. The van der Waals surface area contributed by atoms with E-state index in [1.165, 1.54) is 11.8 Å². The van der Waals surface area contributed by atoms with Crippen molar-refractivity contribution < 1.29 is 9.53 Å². The van der Waals surface area contributed by atoms with Crippen LogP contribution in [0.5, 0.6) is 0 Å². The van der Waals surface area contributed by atoms with E-state index in [2.05, 4.69) is 47.9 Å². The molecule has 27 heavy (non-hydrogen) atoms. The molecule has 9 heteroatoms. The van der Waals surface area contributed by atoms with Gasteiger partial charge in [-0.1, -0.05) is 11.6 Å². The zero-order valence-corrected chi connectivity index (χ0v) is 18.9. The molecular weight excluding hydrogens is 386 g/mol. The van der Waals surface area contributed by atoms with Crippen molar-refractivity contribution in [2.75, 3.05) is 49.8 Å². The molecule has 1 rings (SSSR count). The van der Waals surface area contributed by atoms with Gasteiger partial charge in [-0.25, -0.2) is 0 Å². The number of halogens is 1. The maximum Gasteiger partial charge on any atom is 0.325 e. The second-order valence-corrected chi connectivity index (χ2v) is 7.88. The van der Waals surface area contributed by atoms with Crippen molar-refractivity contribution in [3.8, 4) is 0 Å². The first kappa shape index (κ1) is 23.8. The standard InChI is InChI=1S/C18H32ClN5O2S/c1-8-26-14(25)11-23(6)18-21-16(19)15(27-7)17(22-18)20-9-10-24(12(2)3)13(4)5/h12-13H,8-11H2,1-7H3,(H,20,21,22). The highest BCUT2D eigenvalue weighted by Gasteiger charge is 2.18. The minimum Gasteiger partial charge on any atom is -0.465 e. The molecule has 0 saturated carbocycles. The van der Waals surface area contributed by atoms with E-state index >= 15 is 0 Å². The second kappa shape index (κ2) is 11.6. The van der Waals surface area contributed by atoms with Gasteiger partial charge in [-0.15, -0.1) is 11.8 Å². The quantitative estimate of drug-likeness (QED) is 0.334. The van der Waals surface area contributed by atoms with Crippen molar-refractivity contribution in [3.05, 3.63) is 5.15 Å². The summed E-state index contributed by atoms with van der Waals surface area (Å²) < 4.78 is 4.98. The number of thioether (sulfide) groups is 1. The Bertz CT molecular complexity index is 608. The third-order valence-electron chi connectivity index (χ3n) is 4.02. The lowest BCUT2D eigenvalue weighted by atomic mass is 10.2. The van der Waals surface area contributed by atoms with Crippen molar-refractivity contribution in [3.63, 3.8) is 0 Å². The number of nitrogens with zero attached hydrogens (tertiary/aromatic N) is 4. The number of nitrogens with one attached hydrogen (secondary N) is 1. The Morgan fingerprint density at radius 1 is 1.26 bits per heavy atom. The molecule has 1 aromatic heterocycles. The van der Waals surface area contributed by atoms with E-state index in [1.54, 1.807) is 18.9 Å². The van der Waals surface area contributed by atoms with E-state index in [0.717, 1.165) is 18.0 Å². The second-order valence-electron chi connectivity index (χ2n) is 6.71. The highest BCUT2D eigenvalue weighted by molar-refractivity contribution is 7.98. The molecule has 7 nitrogen and oxygen atoms in total. The number of ether oxygens (including phenoxy) is 1. The molecule has 0 spiro atoms. The number of hydrogen-bond donors (Lipinski definition) is 1. The van der Waals surface area contributed by atoms with Gasteiger partial charge in [0.2, 0.25) is 5.95 Å². The Balaban J connectivity index is 2.91. The average Bonchev–Trinajstić information content (AvgIpc) is 2.57. The van der Waals surface area contributed by atoms with Crippen LogP contribution < -0.4 is 10.2 Å². The van der Waals surface area contributed by atoms with Crippen LogP contribution in [-0.2, 0) is 9.53 Å². The summed E-state index contributed by atoms with van der Waals surface area (Å²) in [6, 6.07) is 0.930. The summed E-state index contributed by atoms with van der Waals surface area (Å²) >= 11 is 7.85. The lowest BCUT2D eigenvalue weighted by Gasteiger charge is -2.30. The van der Waals surface area contributed by atoms with Gasteiger partial charge < -0.3 is 15.0 Å². The van der Waals surface area contributed by atoms with Crippen LogP contribution in [0.15, 0.2) is 4.90 Å². The molecule has 0 radical (unpaired) electrons. The molecule has 0 saturated heterocycles. The predicted octanol–water partition coefficient (Wildman–Crippen LogP) is 3.38. The molecule has 0 unspecified atom stereocenters. The molecule has 154 valence electrons. The fourth-order valence-corrected chi connectivity index (χ4v) is 3.69. The molecule has 0 fully saturated rings. The van der Waals surface area contributed by atoms with Gasteiger partial charge in [0.1, 0.15) is 17.5 Å². The number of aromatic nitrogens is 2. The highest BCUT2D eigenvalue weighted by Crippen LogP contribution is 2.31. The summed E-state index contributed by atoms with van der Waals surface area (Å²) in [6.07, 6.45) is 1.94. The lowest BCUT2D eigenvalue weighted by molar-refractivity contribution is -0.141. The number of esters is 1. The SMILES string of the molecule is CCOC(=O)CN(C)c1nc(Cl)c(SC)c(NCCN(C(C)C)C(C)C)n1. The summed E-state index contributed by atoms with van der Waals surface area (Å²) in [6.45, 7) is 12.6. The van der Waals surface area contributed by atoms with Crippen LogP contribution in [0.4, 0.5) is 11.8 Å². The summed E-state index contributed by atoms with van der Waals surface area (Å²) in [7, 11) is 1.74. The first-order valence-electron chi connectivity index (χ1n) is 9.19. The van der Waals surface area contributed by atoms with E-state index in [1.807, 2.05) is 6.26 Å². The van der Waals surface area contributed by atoms with Gasteiger partial charge in [0.05, 0.1) is 11.5 Å². The monoisotopic (exact) mass is 417 g/mol. The summed E-state index contributed by atoms with van der Waals surface area (Å²) in [5, 5.41) is 3.75. The third kappa shape index (κ3) is 7.35. The van der Waals surface area contributed by atoms with Crippen LogP contribution >= 0.6 is 23.4 Å². The Morgan fingerprint density at radius 2 is 1.89 bits per heavy atom. The minimum atomic E-state index is -0.326. The lowest BCUT2D eigenvalue weighted by Crippen LogP contribution is -2.40. The number of anilines is 2. The molecule has 0 aliphatic carbocycles. The number of carbonyl (C=O) groups is 1. The van der Waals surface area contributed by atoms with Crippen molar-refractivity contribution in [2.24, 2.45) is 0 Å². The Labute approximate surface area is 172 Å².